The second-order valence-electron chi connectivity index (χ2n) is 4.02. The van der Waals surface area contributed by atoms with Gasteiger partial charge in [-0.25, -0.2) is 0 Å². The maximum Gasteiger partial charge on any atom is 0.228 e. The van der Waals surface area contributed by atoms with E-state index >= 15 is 0 Å². The molecule has 0 radical (unpaired) electrons. The van der Waals surface area contributed by atoms with E-state index in [1.54, 1.807) is 24.3 Å². The van der Waals surface area contributed by atoms with Crippen LogP contribution in [0.4, 0.5) is 5.69 Å². The predicted molar refractivity (Wildman–Crippen MR) is 67.1 cm³/mol. The van der Waals surface area contributed by atoms with E-state index in [2.05, 4.69) is 0 Å². The highest BCUT2D eigenvalue weighted by atomic mass is 16.3. The molecule has 0 bridgehead atoms. The third-order valence-electron chi connectivity index (χ3n) is 2.77. The number of carbonyl (C=O) groups excluding carboxylic acids is 1. The Kier molecular flexibility index (Phi) is 3.00. The van der Waals surface area contributed by atoms with E-state index in [0.717, 1.165) is 17.7 Å². The normalized spacial score (nSPS) is 10.5. The SMILES string of the molecule is CCc1ccc(C(=O)c2ccc(N)c(C)c2)o1. The van der Waals surface area contributed by atoms with Gasteiger partial charge in [-0.15, -0.1) is 0 Å². The monoisotopic (exact) mass is 229 g/mol. The van der Waals surface area contributed by atoms with Gasteiger partial charge in [0.15, 0.2) is 5.76 Å². The lowest BCUT2D eigenvalue weighted by Crippen LogP contribution is -2.01. The van der Waals surface area contributed by atoms with Crippen molar-refractivity contribution in [2.24, 2.45) is 0 Å². The van der Waals surface area contributed by atoms with Crippen LogP contribution in [0.3, 0.4) is 0 Å². The Hall–Kier alpha value is -2.03. The summed E-state index contributed by atoms with van der Waals surface area (Å²) in [6, 6.07) is 8.79. The summed E-state index contributed by atoms with van der Waals surface area (Å²) in [4.78, 5) is 12.1. The summed E-state index contributed by atoms with van der Waals surface area (Å²) < 4.78 is 5.44. The van der Waals surface area contributed by atoms with Crippen LogP contribution >= 0.6 is 0 Å². The Morgan fingerprint density at radius 3 is 2.65 bits per heavy atom. The fraction of sp³-hybridized carbons (Fsp3) is 0.214. The number of hydrogen-bond acceptors (Lipinski definition) is 3. The predicted octanol–water partition coefficient (Wildman–Crippen LogP) is 2.96. The van der Waals surface area contributed by atoms with Crippen LogP contribution in [-0.2, 0) is 6.42 Å². The molecule has 0 aliphatic rings. The van der Waals surface area contributed by atoms with Crippen LogP contribution in [0.15, 0.2) is 34.7 Å². The zero-order valence-corrected chi connectivity index (χ0v) is 9.99. The molecular formula is C14H15NO2. The van der Waals surface area contributed by atoms with Gasteiger partial charge in [0, 0.05) is 17.7 Å². The Labute approximate surface area is 100 Å². The summed E-state index contributed by atoms with van der Waals surface area (Å²) in [7, 11) is 0. The molecule has 1 aromatic carbocycles. The average Bonchev–Trinajstić information content (AvgIpc) is 2.80. The molecule has 0 unspecified atom stereocenters. The van der Waals surface area contributed by atoms with Crippen molar-refractivity contribution in [2.75, 3.05) is 5.73 Å². The minimum absolute atomic E-state index is 0.104. The maximum atomic E-state index is 12.1. The summed E-state index contributed by atoms with van der Waals surface area (Å²) in [6.07, 6.45) is 0.786. The molecule has 2 rings (SSSR count). The van der Waals surface area contributed by atoms with Gasteiger partial charge in [-0.3, -0.25) is 4.79 Å². The van der Waals surface area contributed by atoms with Crippen molar-refractivity contribution in [3.8, 4) is 0 Å². The number of anilines is 1. The first-order valence-electron chi connectivity index (χ1n) is 5.61. The quantitative estimate of drug-likeness (QED) is 0.650. The standard InChI is InChI=1S/C14H15NO2/c1-3-11-5-7-13(17-11)14(16)10-4-6-12(15)9(2)8-10/h4-8H,3,15H2,1-2H3. The molecule has 0 saturated heterocycles. The van der Waals surface area contributed by atoms with Gasteiger partial charge < -0.3 is 10.2 Å². The number of nitrogens with two attached hydrogens (primary N) is 1. The van der Waals surface area contributed by atoms with E-state index < -0.39 is 0 Å². The van der Waals surface area contributed by atoms with E-state index in [9.17, 15) is 4.79 Å². The number of nitrogen functional groups attached to an aromatic ring is 1. The van der Waals surface area contributed by atoms with Gasteiger partial charge in [0.2, 0.25) is 5.78 Å². The van der Waals surface area contributed by atoms with Gasteiger partial charge in [0.1, 0.15) is 5.76 Å². The van der Waals surface area contributed by atoms with Crippen molar-refractivity contribution < 1.29 is 9.21 Å². The lowest BCUT2D eigenvalue weighted by Gasteiger charge is -2.02. The van der Waals surface area contributed by atoms with Crippen molar-refractivity contribution in [1.29, 1.82) is 0 Å². The van der Waals surface area contributed by atoms with Crippen LogP contribution < -0.4 is 5.73 Å². The summed E-state index contributed by atoms with van der Waals surface area (Å²) in [5.74, 6) is 1.10. The fourth-order valence-corrected chi connectivity index (χ4v) is 1.65. The van der Waals surface area contributed by atoms with Gasteiger partial charge in [0.25, 0.3) is 0 Å². The third kappa shape index (κ3) is 2.23. The molecule has 0 fully saturated rings. The number of hydrogen-bond donors (Lipinski definition) is 1. The van der Waals surface area contributed by atoms with E-state index in [4.69, 9.17) is 10.2 Å². The van der Waals surface area contributed by atoms with E-state index in [-0.39, 0.29) is 5.78 Å². The molecule has 0 aliphatic carbocycles. The molecule has 0 aliphatic heterocycles. The van der Waals surface area contributed by atoms with Gasteiger partial charge in [-0.05, 0) is 42.8 Å². The fourth-order valence-electron chi connectivity index (χ4n) is 1.65. The first kappa shape index (κ1) is 11.5. The molecule has 0 atom stereocenters. The lowest BCUT2D eigenvalue weighted by atomic mass is 10.1. The number of carbonyl (C=O) groups is 1. The average molecular weight is 229 g/mol. The van der Waals surface area contributed by atoms with Gasteiger partial charge in [-0.2, -0.15) is 0 Å². The summed E-state index contributed by atoms with van der Waals surface area (Å²) in [5.41, 5.74) is 7.91. The molecule has 1 aromatic heterocycles. The Morgan fingerprint density at radius 1 is 1.29 bits per heavy atom. The molecular weight excluding hydrogens is 214 g/mol. The highest BCUT2D eigenvalue weighted by Gasteiger charge is 2.13. The second kappa shape index (κ2) is 4.45. The number of aryl methyl sites for hydroxylation is 2. The molecule has 0 saturated carbocycles. The molecule has 0 amide bonds. The molecule has 3 nitrogen and oxygen atoms in total. The maximum absolute atomic E-state index is 12.1. The van der Waals surface area contributed by atoms with Gasteiger partial charge >= 0.3 is 0 Å². The summed E-state index contributed by atoms with van der Waals surface area (Å²) in [5, 5.41) is 0. The van der Waals surface area contributed by atoms with Gasteiger partial charge in [-0.1, -0.05) is 6.92 Å². The highest BCUT2D eigenvalue weighted by molar-refractivity contribution is 6.07. The molecule has 88 valence electrons. The van der Waals surface area contributed by atoms with Crippen molar-refractivity contribution in [2.45, 2.75) is 20.3 Å². The first-order valence-corrected chi connectivity index (χ1v) is 5.61. The van der Waals surface area contributed by atoms with Crippen LogP contribution in [0.1, 0.15) is 34.4 Å². The Bertz CT molecular complexity index is 555. The number of rotatable bonds is 3. The number of benzene rings is 1. The van der Waals surface area contributed by atoms with Crippen molar-refractivity contribution in [1.82, 2.24) is 0 Å². The second-order valence-corrected chi connectivity index (χ2v) is 4.02. The molecule has 0 spiro atoms. The topological polar surface area (TPSA) is 56.2 Å². The summed E-state index contributed by atoms with van der Waals surface area (Å²) >= 11 is 0. The minimum Gasteiger partial charge on any atom is -0.458 e. The molecule has 3 heteroatoms. The van der Waals surface area contributed by atoms with Crippen LogP contribution in [0.25, 0.3) is 0 Å². The van der Waals surface area contributed by atoms with Crippen molar-refractivity contribution in [3.63, 3.8) is 0 Å². The number of ketones is 1. The number of furan rings is 1. The van der Waals surface area contributed by atoms with Gasteiger partial charge in [0.05, 0.1) is 0 Å². The van der Waals surface area contributed by atoms with Crippen LogP contribution in [0, 0.1) is 6.92 Å². The Morgan fingerprint density at radius 2 is 2.06 bits per heavy atom. The molecule has 2 aromatic rings. The van der Waals surface area contributed by atoms with Crippen LogP contribution in [-0.4, -0.2) is 5.78 Å². The van der Waals surface area contributed by atoms with E-state index in [1.807, 2.05) is 19.9 Å². The first-order chi connectivity index (χ1) is 8.11. The van der Waals surface area contributed by atoms with E-state index in [1.165, 1.54) is 0 Å². The third-order valence-corrected chi connectivity index (χ3v) is 2.77. The zero-order chi connectivity index (χ0) is 12.4. The van der Waals surface area contributed by atoms with Crippen molar-refractivity contribution in [3.05, 3.63) is 53.0 Å². The van der Waals surface area contributed by atoms with Crippen LogP contribution in [0.5, 0.6) is 0 Å². The van der Waals surface area contributed by atoms with Crippen LogP contribution in [0.2, 0.25) is 0 Å². The molecule has 2 N–H and O–H groups in total. The molecule has 17 heavy (non-hydrogen) atoms. The molecule has 1 heterocycles. The van der Waals surface area contributed by atoms with E-state index in [0.29, 0.717) is 17.0 Å². The summed E-state index contributed by atoms with van der Waals surface area (Å²) in [6.45, 7) is 3.87. The smallest absolute Gasteiger partial charge is 0.228 e. The van der Waals surface area contributed by atoms with Crippen molar-refractivity contribution >= 4 is 11.5 Å². The highest BCUT2D eigenvalue weighted by Crippen LogP contribution is 2.18. The largest absolute Gasteiger partial charge is 0.458 e. The zero-order valence-electron chi connectivity index (χ0n) is 9.99. The Balaban J connectivity index is 2.33. The lowest BCUT2D eigenvalue weighted by molar-refractivity contribution is 0.101. The minimum atomic E-state index is -0.104.